The van der Waals surface area contributed by atoms with E-state index in [1.54, 1.807) is 25.1 Å². The normalized spacial score (nSPS) is 16.7. The first kappa shape index (κ1) is 13.9. The summed E-state index contributed by atoms with van der Waals surface area (Å²) in [6, 6.07) is 4.31. The Labute approximate surface area is 116 Å². The number of benzene rings is 1. The number of carbonyl (C=O) groups is 2. The average molecular weight is 276 g/mol. The second-order valence-corrected chi connectivity index (χ2v) is 4.20. The second-order valence-electron chi connectivity index (χ2n) is 4.20. The van der Waals surface area contributed by atoms with Crippen LogP contribution in [-0.2, 0) is 4.79 Å². The molecule has 106 valence electrons. The van der Waals surface area contributed by atoms with Crippen molar-refractivity contribution in [2.24, 2.45) is 0 Å². The molecular weight excluding hydrogens is 260 g/mol. The number of rotatable bonds is 4. The van der Waals surface area contributed by atoms with E-state index >= 15 is 0 Å². The van der Waals surface area contributed by atoms with Crippen molar-refractivity contribution < 1.29 is 19.4 Å². The highest BCUT2D eigenvalue weighted by molar-refractivity contribution is 6.13. The minimum absolute atomic E-state index is 0.0333. The monoisotopic (exact) mass is 276 g/mol. The Balaban J connectivity index is 2.30. The lowest BCUT2D eigenvalue weighted by Crippen LogP contribution is -2.30. The van der Waals surface area contributed by atoms with Crippen molar-refractivity contribution in [2.45, 2.75) is 13.8 Å². The van der Waals surface area contributed by atoms with E-state index in [0.717, 1.165) is 4.90 Å². The molecule has 0 bridgehead atoms. The molecule has 3 amide bonds. The number of hydrogen-bond acceptors (Lipinski definition) is 4. The molecule has 1 aliphatic heterocycles. The molecule has 2 rings (SSSR count). The molecule has 20 heavy (non-hydrogen) atoms. The third-order valence-electron chi connectivity index (χ3n) is 2.87. The van der Waals surface area contributed by atoms with E-state index in [9.17, 15) is 14.7 Å². The Morgan fingerprint density at radius 2 is 2.10 bits per heavy atom. The SMILES string of the molecule is CCOc1cc(/C=C2/NC(=O)N(CC)C2=O)ccc1O. The molecule has 6 heteroatoms. The van der Waals surface area contributed by atoms with Crippen LogP contribution in [0.1, 0.15) is 19.4 Å². The van der Waals surface area contributed by atoms with Gasteiger partial charge in [-0.15, -0.1) is 0 Å². The Morgan fingerprint density at radius 3 is 2.70 bits per heavy atom. The zero-order valence-electron chi connectivity index (χ0n) is 11.3. The van der Waals surface area contributed by atoms with Gasteiger partial charge in [-0.25, -0.2) is 4.79 Å². The zero-order valence-corrected chi connectivity index (χ0v) is 11.3. The lowest BCUT2D eigenvalue weighted by atomic mass is 10.1. The molecule has 6 nitrogen and oxygen atoms in total. The summed E-state index contributed by atoms with van der Waals surface area (Å²) in [7, 11) is 0. The molecule has 1 aromatic carbocycles. The van der Waals surface area contributed by atoms with Gasteiger partial charge >= 0.3 is 6.03 Å². The maximum Gasteiger partial charge on any atom is 0.328 e. The Bertz CT molecular complexity index is 581. The fourth-order valence-corrected chi connectivity index (χ4v) is 1.92. The minimum atomic E-state index is -0.424. The van der Waals surface area contributed by atoms with E-state index < -0.39 is 6.03 Å². The first-order valence-electron chi connectivity index (χ1n) is 6.37. The highest BCUT2D eigenvalue weighted by Crippen LogP contribution is 2.28. The summed E-state index contributed by atoms with van der Waals surface area (Å²) in [5.41, 5.74) is 0.873. The molecule has 1 heterocycles. The molecule has 0 aliphatic carbocycles. The Kier molecular flexibility index (Phi) is 3.93. The number of nitrogens with zero attached hydrogens (tertiary/aromatic N) is 1. The molecule has 1 aliphatic rings. The number of nitrogens with one attached hydrogen (secondary N) is 1. The molecule has 1 aromatic rings. The van der Waals surface area contributed by atoms with E-state index in [4.69, 9.17) is 4.74 Å². The molecule has 0 radical (unpaired) electrons. The highest BCUT2D eigenvalue weighted by atomic mass is 16.5. The summed E-state index contributed by atoms with van der Waals surface area (Å²) >= 11 is 0. The maximum atomic E-state index is 11.9. The molecule has 2 N–H and O–H groups in total. The average Bonchev–Trinajstić information content (AvgIpc) is 2.68. The number of imide groups is 1. The topological polar surface area (TPSA) is 78.9 Å². The molecule has 0 saturated carbocycles. The fraction of sp³-hybridized carbons (Fsp3) is 0.286. The molecule has 1 saturated heterocycles. The van der Waals surface area contributed by atoms with Gasteiger partial charge in [0.15, 0.2) is 11.5 Å². The van der Waals surface area contributed by atoms with Gasteiger partial charge in [-0.05, 0) is 37.6 Å². The summed E-state index contributed by atoms with van der Waals surface area (Å²) < 4.78 is 5.27. The van der Waals surface area contributed by atoms with Gasteiger partial charge < -0.3 is 15.2 Å². The number of amides is 3. The van der Waals surface area contributed by atoms with Crippen LogP contribution in [-0.4, -0.2) is 35.1 Å². The van der Waals surface area contributed by atoms with Crippen molar-refractivity contribution in [3.63, 3.8) is 0 Å². The van der Waals surface area contributed by atoms with E-state index in [1.165, 1.54) is 6.07 Å². The van der Waals surface area contributed by atoms with E-state index in [2.05, 4.69) is 5.32 Å². The summed E-state index contributed by atoms with van der Waals surface area (Å²) in [6.07, 6.45) is 1.55. The van der Waals surface area contributed by atoms with Gasteiger partial charge in [-0.1, -0.05) is 6.07 Å². The molecule has 0 aromatic heterocycles. The van der Waals surface area contributed by atoms with Crippen LogP contribution in [0, 0.1) is 0 Å². The first-order valence-corrected chi connectivity index (χ1v) is 6.37. The van der Waals surface area contributed by atoms with Crippen molar-refractivity contribution in [3.05, 3.63) is 29.5 Å². The third kappa shape index (κ3) is 2.59. The maximum absolute atomic E-state index is 11.9. The zero-order chi connectivity index (χ0) is 14.7. The van der Waals surface area contributed by atoms with Crippen molar-refractivity contribution >= 4 is 18.0 Å². The summed E-state index contributed by atoms with van der Waals surface area (Å²) in [5.74, 6) is 0.0143. The van der Waals surface area contributed by atoms with Crippen molar-refractivity contribution in [3.8, 4) is 11.5 Å². The lowest BCUT2D eigenvalue weighted by Gasteiger charge is -2.07. The Hall–Kier alpha value is -2.50. The standard InChI is InChI=1S/C14H16N2O4/c1-3-16-13(18)10(15-14(16)19)7-9-5-6-11(17)12(8-9)20-4-2/h5-8,17H,3-4H2,1-2H3,(H,15,19)/b10-7+. The van der Waals surface area contributed by atoms with Gasteiger partial charge in [0.05, 0.1) is 6.61 Å². The molecular formula is C14H16N2O4. The lowest BCUT2D eigenvalue weighted by molar-refractivity contribution is -0.122. The van der Waals surface area contributed by atoms with Crippen LogP contribution in [0.4, 0.5) is 4.79 Å². The van der Waals surface area contributed by atoms with Crippen LogP contribution in [0.3, 0.4) is 0 Å². The number of phenols is 1. The first-order chi connectivity index (χ1) is 9.56. The van der Waals surface area contributed by atoms with Gasteiger partial charge in [0, 0.05) is 6.54 Å². The predicted octanol–water partition coefficient (Wildman–Crippen LogP) is 1.70. The van der Waals surface area contributed by atoms with E-state index in [-0.39, 0.29) is 17.4 Å². The Morgan fingerprint density at radius 1 is 1.35 bits per heavy atom. The van der Waals surface area contributed by atoms with Crippen molar-refractivity contribution in [1.82, 2.24) is 10.2 Å². The molecule has 1 fully saturated rings. The number of ether oxygens (including phenoxy) is 1. The van der Waals surface area contributed by atoms with Gasteiger partial charge in [-0.3, -0.25) is 9.69 Å². The second kappa shape index (κ2) is 5.64. The quantitative estimate of drug-likeness (QED) is 0.648. The van der Waals surface area contributed by atoms with Gasteiger partial charge in [0.25, 0.3) is 5.91 Å². The van der Waals surface area contributed by atoms with Crippen LogP contribution in [0.5, 0.6) is 11.5 Å². The molecule has 0 unspecified atom stereocenters. The van der Waals surface area contributed by atoms with Crippen LogP contribution in [0.25, 0.3) is 6.08 Å². The smallest absolute Gasteiger partial charge is 0.328 e. The largest absolute Gasteiger partial charge is 0.504 e. The summed E-state index contributed by atoms with van der Waals surface area (Å²) in [6.45, 7) is 4.28. The van der Waals surface area contributed by atoms with Crippen LogP contribution in [0.15, 0.2) is 23.9 Å². The van der Waals surface area contributed by atoms with Crippen LogP contribution >= 0.6 is 0 Å². The van der Waals surface area contributed by atoms with Crippen LogP contribution in [0.2, 0.25) is 0 Å². The van der Waals surface area contributed by atoms with Crippen molar-refractivity contribution in [1.29, 1.82) is 0 Å². The number of aromatic hydroxyl groups is 1. The number of phenolic OH excluding ortho intramolecular Hbond substituents is 1. The molecule has 0 atom stereocenters. The highest BCUT2D eigenvalue weighted by Gasteiger charge is 2.31. The number of urea groups is 1. The minimum Gasteiger partial charge on any atom is -0.504 e. The van der Waals surface area contributed by atoms with Gasteiger partial charge in [-0.2, -0.15) is 0 Å². The third-order valence-corrected chi connectivity index (χ3v) is 2.87. The molecule has 0 spiro atoms. The van der Waals surface area contributed by atoms with Crippen molar-refractivity contribution in [2.75, 3.05) is 13.2 Å². The summed E-state index contributed by atoms with van der Waals surface area (Å²) in [4.78, 5) is 24.6. The van der Waals surface area contributed by atoms with Gasteiger partial charge in [0.2, 0.25) is 0 Å². The number of hydrogen-bond donors (Lipinski definition) is 2. The fourth-order valence-electron chi connectivity index (χ4n) is 1.92. The predicted molar refractivity (Wildman–Crippen MR) is 73.2 cm³/mol. The van der Waals surface area contributed by atoms with Crippen LogP contribution < -0.4 is 10.1 Å². The van der Waals surface area contributed by atoms with Gasteiger partial charge in [0.1, 0.15) is 5.70 Å². The number of carbonyl (C=O) groups excluding carboxylic acids is 2. The van der Waals surface area contributed by atoms with E-state index in [1.807, 2.05) is 6.92 Å². The number of likely N-dealkylation sites (N-methyl/N-ethyl adjacent to an activating group) is 1. The van der Waals surface area contributed by atoms with E-state index in [0.29, 0.717) is 24.5 Å². The summed E-state index contributed by atoms with van der Waals surface area (Å²) in [5, 5.41) is 12.1.